The Labute approximate surface area is 393 Å². The number of rotatable bonds is 53. The van der Waals surface area contributed by atoms with Crippen molar-refractivity contribution in [3.8, 4) is 0 Å². The summed E-state index contributed by atoms with van der Waals surface area (Å²) in [6.45, 7) is 4.09. The van der Waals surface area contributed by atoms with E-state index in [-0.39, 0.29) is 5.91 Å². The van der Waals surface area contributed by atoms with Gasteiger partial charge in [0, 0.05) is 6.42 Å². The number of carbonyl (C=O) groups is 1. The number of aliphatic hydroxyl groups excluding tert-OH is 1. The minimum absolute atomic E-state index is 0.220. The van der Waals surface area contributed by atoms with Gasteiger partial charge in [-0.15, -0.1) is 0 Å². The summed E-state index contributed by atoms with van der Waals surface area (Å²) in [6.07, 6.45) is 64.6. The van der Waals surface area contributed by atoms with Crippen LogP contribution in [0.5, 0.6) is 0 Å². The van der Waals surface area contributed by atoms with Crippen LogP contribution in [0.2, 0.25) is 0 Å². The molecule has 0 aliphatic carbocycles. The average molecular weight is 912 g/mol. The lowest BCUT2D eigenvalue weighted by Crippen LogP contribution is -2.45. The van der Waals surface area contributed by atoms with Crippen LogP contribution >= 0.6 is 7.82 Å². The van der Waals surface area contributed by atoms with Gasteiger partial charge in [0.05, 0.1) is 18.8 Å². The Morgan fingerprint density at radius 2 is 0.698 bits per heavy atom. The smallest absolute Gasteiger partial charge is 0.387 e. The Morgan fingerprint density at radius 1 is 0.444 bits per heavy atom. The van der Waals surface area contributed by atoms with Crippen molar-refractivity contribution in [1.29, 1.82) is 0 Å². The molecule has 376 valence electrons. The molecule has 0 aromatic heterocycles. The highest BCUT2D eigenvalue weighted by molar-refractivity contribution is 7.46. The predicted molar refractivity (Wildman–Crippen MR) is 273 cm³/mol. The maximum Gasteiger partial charge on any atom is 0.469 e. The molecule has 0 aromatic carbocycles. The van der Waals surface area contributed by atoms with Crippen LogP contribution in [0.15, 0.2) is 12.2 Å². The molecule has 0 aromatic rings. The summed E-state index contributed by atoms with van der Waals surface area (Å²) in [4.78, 5) is 31.0. The van der Waals surface area contributed by atoms with Crippen molar-refractivity contribution >= 4 is 13.7 Å². The van der Waals surface area contributed by atoms with Gasteiger partial charge in [0.15, 0.2) is 0 Å². The lowest BCUT2D eigenvalue weighted by Gasteiger charge is -2.22. The van der Waals surface area contributed by atoms with Crippen molar-refractivity contribution in [2.75, 3.05) is 6.61 Å². The van der Waals surface area contributed by atoms with Crippen LogP contribution in [-0.4, -0.2) is 39.6 Å². The normalized spacial score (nSPS) is 13.0. The van der Waals surface area contributed by atoms with Crippen LogP contribution in [0.1, 0.15) is 316 Å². The monoisotopic (exact) mass is 912 g/mol. The molecule has 0 fully saturated rings. The van der Waals surface area contributed by atoms with Crippen LogP contribution in [-0.2, 0) is 13.9 Å². The third kappa shape index (κ3) is 52.1. The summed E-state index contributed by atoms with van der Waals surface area (Å²) in [5, 5.41) is 13.4. The number of phosphoric acid groups is 1. The van der Waals surface area contributed by atoms with Crippen molar-refractivity contribution in [3.63, 3.8) is 0 Å². The lowest BCUT2D eigenvalue weighted by atomic mass is 10.0. The van der Waals surface area contributed by atoms with Crippen molar-refractivity contribution in [2.45, 2.75) is 328 Å². The first-order chi connectivity index (χ1) is 30.8. The molecule has 0 aliphatic heterocycles. The molecule has 63 heavy (non-hydrogen) atoms. The average Bonchev–Trinajstić information content (AvgIpc) is 3.26. The summed E-state index contributed by atoms with van der Waals surface area (Å²) in [5.41, 5.74) is 0. The van der Waals surface area contributed by atoms with Crippen LogP contribution < -0.4 is 5.32 Å². The van der Waals surface area contributed by atoms with E-state index < -0.39 is 26.6 Å². The number of unbranched alkanes of at least 4 members (excludes halogenated alkanes) is 44. The zero-order valence-corrected chi connectivity index (χ0v) is 43.2. The van der Waals surface area contributed by atoms with Crippen LogP contribution in [0, 0.1) is 0 Å². The standard InChI is InChI=1S/C55H110NO6P/c1-3-5-7-9-11-13-15-16-17-18-19-20-21-22-23-24-25-26-27-28-29-30-31-32-33-34-35-36-37-38-39-41-43-45-47-49-51-55(58)56-53(52-62-63(59,60)61)54(57)50-48-46-44-42-40-14-12-10-8-6-4-2/h48,50,53-54,57H,3-47,49,51-52H2,1-2H3,(H,56,58)(H2,59,60,61)/b50-48+/t53-,54+/m0/s1. The minimum Gasteiger partial charge on any atom is -0.387 e. The van der Waals surface area contributed by atoms with Crippen molar-refractivity contribution in [3.05, 3.63) is 12.2 Å². The molecule has 0 spiro atoms. The van der Waals surface area contributed by atoms with E-state index >= 15 is 0 Å². The van der Waals surface area contributed by atoms with Gasteiger partial charge in [0.25, 0.3) is 0 Å². The van der Waals surface area contributed by atoms with E-state index in [0.717, 1.165) is 38.5 Å². The molecule has 4 N–H and O–H groups in total. The highest BCUT2D eigenvalue weighted by Crippen LogP contribution is 2.36. The van der Waals surface area contributed by atoms with E-state index in [2.05, 4.69) is 23.7 Å². The van der Waals surface area contributed by atoms with Crippen molar-refractivity contribution in [1.82, 2.24) is 5.32 Å². The van der Waals surface area contributed by atoms with Gasteiger partial charge in [-0.3, -0.25) is 9.32 Å². The van der Waals surface area contributed by atoms with Crippen LogP contribution in [0.4, 0.5) is 0 Å². The number of allylic oxidation sites excluding steroid dienone is 1. The SMILES string of the molecule is CCCCCCCCCCC/C=C/[C@@H](O)[C@H](COP(=O)(O)O)NC(=O)CCCCCCCCCCCCCCCCCCCCCCCCCCCCCCCCCCCCCC. The Bertz CT molecular complexity index is 988. The van der Waals surface area contributed by atoms with Gasteiger partial charge in [-0.25, -0.2) is 4.57 Å². The van der Waals surface area contributed by atoms with Crippen molar-refractivity contribution in [2.24, 2.45) is 0 Å². The van der Waals surface area contributed by atoms with Crippen molar-refractivity contribution < 1.29 is 28.8 Å². The fourth-order valence-corrected chi connectivity index (χ4v) is 9.35. The predicted octanol–water partition coefficient (Wildman–Crippen LogP) is 17.9. The van der Waals surface area contributed by atoms with E-state index in [1.54, 1.807) is 6.08 Å². The quantitative estimate of drug-likeness (QED) is 0.0274. The van der Waals surface area contributed by atoms with E-state index in [0.29, 0.717) is 6.42 Å². The zero-order chi connectivity index (χ0) is 46.0. The van der Waals surface area contributed by atoms with Gasteiger partial charge in [0.2, 0.25) is 5.91 Å². The molecule has 0 rings (SSSR count). The molecular formula is C55H110NO6P. The Balaban J connectivity index is 3.56. The van der Waals surface area contributed by atoms with E-state index in [1.165, 1.54) is 257 Å². The number of amides is 1. The second-order valence-corrected chi connectivity index (χ2v) is 20.9. The largest absolute Gasteiger partial charge is 0.469 e. The third-order valence-corrected chi connectivity index (χ3v) is 13.7. The number of hydrogen-bond donors (Lipinski definition) is 4. The third-order valence-electron chi connectivity index (χ3n) is 13.2. The van der Waals surface area contributed by atoms with Gasteiger partial charge in [0.1, 0.15) is 0 Å². The molecule has 0 saturated heterocycles. The number of aliphatic hydroxyl groups is 1. The summed E-state index contributed by atoms with van der Waals surface area (Å²) in [7, 11) is -4.71. The van der Waals surface area contributed by atoms with Gasteiger partial charge in [-0.05, 0) is 19.3 Å². The van der Waals surface area contributed by atoms with Crippen LogP contribution in [0.25, 0.3) is 0 Å². The maximum absolute atomic E-state index is 12.6. The summed E-state index contributed by atoms with van der Waals surface area (Å²) in [5.74, 6) is -0.220. The fourth-order valence-electron chi connectivity index (χ4n) is 8.99. The topological polar surface area (TPSA) is 116 Å². The number of nitrogens with one attached hydrogen (secondary N) is 1. The van der Waals surface area contributed by atoms with E-state index in [9.17, 15) is 24.3 Å². The maximum atomic E-state index is 12.6. The Kier molecular flexibility index (Phi) is 50.1. The summed E-state index contributed by atoms with van der Waals surface area (Å²) < 4.78 is 15.9. The molecule has 0 radical (unpaired) electrons. The molecule has 2 atom stereocenters. The van der Waals surface area contributed by atoms with Crippen LogP contribution in [0.3, 0.4) is 0 Å². The molecule has 0 bridgehead atoms. The Hall–Kier alpha value is -0.720. The van der Waals surface area contributed by atoms with Gasteiger partial charge in [-0.1, -0.05) is 302 Å². The second-order valence-electron chi connectivity index (χ2n) is 19.6. The van der Waals surface area contributed by atoms with E-state index in [1.807, 2.05) is 6.08 Å². The molecule has 8 heteroatoms. The highest BCUT2D eigenvalue weighted by atomic mass is 31.2. The summed E-state index contributed by atoms with van der Waals surface area (Å²) in [6, 6.07) is -0.905. The zero-order valence-electron chi connectivity index (χ0n) is 42.3. The molecule has 7 nitrogen and oxygen atoms in total. The molecule has 0 heterocycles. The minimum atomic E-state index is -4.71. The second kappa shape index (κ2) is 50.7. The molecule has 0 saturated carbocycles. The number of hydrogen-bond acceptors (Lipinski definition) is 4. The highest BCUT2D eigenvalue weighted by Gasteiger charge is 2.24. The van der Waals surface area contributed by atoms with Gasteiger partial charge >= 0.3 is 7.82 Å². The first kappa shape index (κ1) is 62.3. The Morgan fingerprint density at radius 3 is 0.968 bits per heavy atom. The number of phosphoric ester groups is 1. The molecule has 1 amide bonds. The van der Waals surface area contributed by atoms with E-state index in [4.69, 9.17) is 0 Å². The molecular weight excluding hydrogens is 802 g/mol. The fraction of sp³-hybridized carbons (Fsp3) is 0.945. The van der Waals surface area contributed by atoms with Gasteiger partial charge < -0.3 is 20.2 Å². The first-order valence-corrected chi connectivity index (χ1v) is 29.7. The molecule has 0 unspecified atom stereocenters. The first-order valence-electron chi connectivity index (χ1n) is 28.1. The lowest BCUT2D eigenvalue weighted by molar-refractivity contribution is -0.123. The number of carbonyl (C=O) groups excluding carboxylic acids is 1. The summed E-state index contributed by atoms with van der Waals surface area (Å²) >= 11 is 0. The van der Waals surface area contributed by atoms with Gasteiger partial charge in [-0.2, -0.15) is 0 Å². The molecule has 0 aliphatic rings.